The smallest absolute Gasteiger partial charge is 0.0378 e. The molecule has 0 spiro atoms. The molecule has 2 N–H and O–H groups in total. The number of rotatable bonds is 1. The van der Waals surface area contributed by atoms with Crippen LogP contribution < -0.4 is 10.6 Å². The van der Waals surface area contributed by atoms with Crippen LogP contribution in [0, 0.1) is 0 Å². The topological polar surface area (TPSA) is 29.3 Å². The van der Waals surface area contributed by atoms with Gasteiger partial charge in [-0.05, 0) is 31.5 Å². The van der Waals surface area contributed by atoms with Gasteiger partial charge in [-0.1, -0.05) is 22.0 Å². The first-order valence-corrected chi connectivity index (χ1v) is 5.66. The van der Waals surface area contributed by atoms with Gasteiger partial charge < -0.3 is 10.6 Å². The van der Waals surface area contributed by atoms with E-state index in [1.807, 2.05) is 6.07 Å². The van der Waals surface area contributed by atoms with Crippen LogP contribution >= 0.6 is 15.9 Å². The van der Waals surface area contributed by atoms with Crippen molar-refractivity contribution in [2.75, 3.05) is 18.0 Å². The molecule has 14 heavy (non-hydrogen) atoms. The van der Waals surface area contributed by atoms with E-state index in [0.717, 1.165) is 24.0 Å². The molecule has 1 aromatic rings. The second-order valence-corrected chi connectivity index (χ2v) is 5.22. The molecule has 76 valence electrons. The molecule has 1 aromatic carbocycles. The standard InChI is InChI=1S/C11H15BrN2/c1-11(13)5-6-14(8-11)10-4-2-3-9(12)7-10/h2-4,7H,5-6,8,13H2,1H3. The fraction of sp³-hybridized carbons (Fsp3) is 0.455. The highest BCUT2D eigenvalue weighted by Gasteiger charge is 2.29. The van der Waals surface area contributed by atoms with E-state index in [0.29, 0.717) is 0 Å². The van der Waals surface area contributed by atoms with Gasteiger partial charge in [-0.2, -0.15) is 0 Å². The van der Waals surface area contributed by atoms with Crippen LogP contribution in [0.5, 0.6) is 0 Å². The molecule has 0 bridgehead atoms. The van der Waals surface area contributed by atoms with Gasteiger partial charge in [0.15, 0.2) is 0 Å². The highest BCUT2D eigenvalue weighted by molar-refractivity contribution is 9.10. The minimum Gasteiger partial charge on any atom is -0.370 e. The molecule has 2 rings (SSSR count). The van der Waals surface area contributed by atoms with E-state index in [4.69, 9.17) is 5.73 Å². The third-order valence-electron chi connectivity index (χ3n) is 2.68. The molecule has 0 amide bonds. The highest BCUT2D eigenvalue weighted by atomic mass is 79.9. The van der Waals surface area contributed by atoms with E-state index < -0.39 is 0 Å². The van der Waals surface area contributed by atoms with Crippen molar-refractivity contribution in [3.8, 4) is 0 Å². The van der Waals surface area contributed by atoms with Crippen LogP contribution in [-0.2, 0) is 0 Å². The average Bonchev–Trinajstić information content (AvgIpc) is 2.46. The quantitative estimate of drug-likeness (QED) is 0.834. The predicted molar refractivity (Wildman–Crippen MR) is 63.6 cm³/mol. The van der Waals surface area contributed by atoms with Gasteiger partial charge in [0.05, 0.1) is 0 Å². The lowest BCUT2D eigenvalue weighted by Crippen LogP contribution is -2.39. The summed E-state index contributed by atoms with van der Waals surface area (Å²) >= 11 is 3.48. The number of anilines is 1. The van der Waals surface area contributed by atoms with E-state index in [-0.39, 0.29) is 5.54 Å². The number of halogens is 1. The summed E-state index contributed by atoms with van der Waals surface area (Å²) < 4.78 is 1.13. The lowest BCUT2D eigenvalue weighted by molar-refractivity contribution is 0.525. The summed E-state index contributed by atoms with van der Waals surface area (Å²) in [5, 5.41) is 0. The van der Waals surface area contributed by atoms with Crippen molar-refractivity contribution in [2.24, 2.45) is 5.73 Å². The van der Waals surface area contributed by atoms with E-state index in [2.05, 4.69) is 46.0 Å². The van der Waals surface area contributed by atoms with E-state index in [1.54, 1.807) is 0 Å². The maximum Gasteiger partial charge on any atom is 0.0378 e. The van der Waals surface area contributed by atoms with Crippen molar-refractivity contribution in [1.82, 2.24) is 0 Å². The Hall–Kier alpha value is -0.540. The molecule has 1 aliphatic heterocycles. The Labute approximate surface area is 93.2 Å². The Morgan fingerprint density at radius 3 is 2.86 bits per heavy atom. The summed E-state index contributed by atoms with van der Waals surface area (Å²) in [6.45, 7) is 4.12. The minimum atomic E-state index is -0.0255. The van der Waals surface area contributed by atoms with Gasteiger partial charge in [0.2, 0.25) is 0 Å². The molecule has 1 unspecified atom stereocenters. The summed E-state index contributed by atoms with van der Waals surface area (Å²) in [4.78, 5) is 2.34. The molecule has 2 nitrogen and oxygen atoms in total. The molecule has 1 fully saturated rings. The van der Waals surface area contributed by atoms with Gasteiger partial charge >= 0.3 is 0 Å². The molecule has 0 aromatic heterocycles. The molecule has 1 aliphatic rings. The Kier molecular flexibility index (Phi) is 2.54. The van der Waals surface area contributed by atoms with Gasteiger partial charge in [-0.15, -0.1) is 0 Å². The molecule has 0 saturated carbocycles. The van der Waals surface area contributed by atoms with Gasteiger partial charge in [0.1, 0.15) is 0 Å². The normalized spacial score (nSPS) is 26.9. The monoisotopic (exact) mass is 254 g/mol. The third kappa shape index (κ3) is 2.10. The van der Waals surface area contributed by atoms with E-state index >= 15 is 0 Å². The van der Waals surface area contributed by atoms with Crippen LogP contribution in [0.25, 0.3) is 0 Å². The number of hydrogen-bond acceptors (Lipinski definition) is 2. The lowest BCUT2D eigenvalue weighted by atomic mass is 10.0. The molecular formula is C11H15BrN2. The Bertz CT molecular complexity index is 336. The highest BCUT2D eigenvalue weighted by Crippen LogP contribution is 2.26. The molecule has 1 heterocycles. The fourth-order valence-electron chi connectivity index (χ4n) is 1.88. The Morgan fingerprint density at radius 2 is 2.29 bits per heavy atom. The van der Waals surface area contributed by atoms with E-state index in [9.17, 15) is 0 Å². The van der Waals surface area contributed by atoms with Crippen LogP contribution in [0.2, 0.25) is 0 Å². The maximum absolute atomic E-state index is 6.09. The molecule has 3 heteroatoms. The fourth-order valence-corrected chi connectivity index (χ4v) is 2.26. The summed E-state index contributed by atoms with van der Waals surface area (Å²) in [5.74, 6) is 0. The van der Waals surface area contributed by atoms with Crippen LogP contribution in [-0.4, -0.2) is 18.6 Å². The van der Waals surface area contributed by atoms with Crippen molar-refractivity contribution in [2.45, 2.75) is 18.9 Å². The van der Waals surface area contributed by atoms with Crippen molar-refractivity contribution >= 4 is 21.6 Å². The van der Waals surface area contributed by atoms with Crippen molar-refractivity contribution in [3.05, 3.63) is 28.7 Å². The Balaban J connectivity index is 2.17. The molecule has 0 aliphatic carbocycles. The van der Waals surface area contributed by atoms with Crippen LogP contribution in [0.1, 0.15) is 13.3 Å². The van der Waals surface area contributed by atoms with Gasteiger partial charge in [-0.3, -0.25) is 0 Å². The summed E-state index contributed by atoms with van der Waals surface area (Å²) in [6.07, 6.45) is 1.07. The van der Waals surface area contributed by atoms with Crippen LogP contribution in [0.15, 0.2) is 28.7 Å². The van der Waals surface area contributed by atoms with Crippen LogP contribution in [0.3, 0.4) is 0 Å². The lowest BCUT2D eigenvalue weighted by Gasteiger charge is -2.21. The minimum absolute atomic E-state index is 0.0255. The van der Waals surface area contributed by atoms with E-state index in [1.165, 1.54) is 5.69 Å². The third-order valence-corrected chi connectivity index (χ3v) is 3.17. The van der Waals surface area contributed by atoms with Crippen molar-refractivity contribution in [3.63, 3.8) is 0 Å². The van der Waals surface area contributed by atoms with Crippen molar-refractivity contribution < 1.29 is 0 Å². The molecular weight excluding hydrogens is 240 g/mol. The SMILES string of the molecule is CC1(N)CCN(c2cccc(Br)c2)C1. The molecule has 1 atom stereocenters. The zero-order valence-electron chi connectivity index (χ0n) is 8.33. The first kappa shape index (κ1) is 9.99. The van der Waals surface area contributed by atoms with Crippen molar-refractivity contribution in [1.29, 1.82) is 0 Å². The number of hydrogen-bond donors (Lipinski definition) is 1. The summed E-state index contributed by atoms with van der Waals surface area (Å²) in [6, 6.07) is 8.38. The summed E-state index contributed by atoms with van der Waals surface area (Å²) in [5.41, 5.74) is 7.32. The second-order valence-electron chi connectivity index (χ2n) is 4.31. The number of nitrogens with two attached hydrogens (primary N) is 1. The zero-order chi connectivity index (χ0) is 10.2. The van der Waals surface area contributed by atoms with Gasteiger partial charge in [0.25, 0.3) is 0 Å². The van der Waals surface area contributed by atoms with Gasteiger partial charge in [0, 0.05) is 28.8 Å². The first-order valence-electron chi connectivity index (χ1n) is 4.86. The predicted octanol–water partition coefficient (Wildman–Crippen LogP) is 2.38. The first-order chi connectivity index (χ1) is 6.57. The number of benzene rings is 1. The summed E-state index contributed by atoms with van der Waals surface area (Å²) in [7, 11) is 0. The largest absolute Gasteiger partial charge is 0.370 e. The molecule has 1 saturated heterocycles. The number of nitrogens with zero attached hydrogens (tertiary/aromatic N) is 1. The average molecular weight is 255 g/mol. The Morgan fingerprint density at radius 1 is 1.50 bits per heavy atom. The van der Waals surface area contributed by atoms with Crippen LogP contribution in [0.4, 0.5) is 5.69 Å². The molecule has 0 radical (unpaired) electrons. The zero-order valence-corrected chi connectivity index (χ0v) is 9.92. The maximum atomic E-state index is 6.09. The second kappa shape index (κ2) is 3.55. The van der Waals surface area contributed by atoms with Gasteiger partial charge in [-0.25, -0.2) is 0 Å².